The van der Waals surface area contributed by atoms with Gasteiger partial charge in [-0.05, 0) is 60.5 Å². The lowest BCUT2D eigenvalue weighted by atomic mass is 10.0. The zero-order valence-electron chi connectivity index (χ0n) is 20.6. The molecule has 0 bridgehead atoms. The molecule has 3 heterocycles. The van der Waals surface area contributed by atoms with Gasteiger partial charge in [-0.2, -0.15) is 9.78 Å². The Morgan fingerprint density at radius 2 is 1.84 bits per heavy atom. The second-order valence-electron chi connectivity index (χ2n) is 8.81. The molecule has 0 aliphatic carbocycles. The lowest BCUT2D eigenvalue weighted by molar-refractivity contribution is -0.113. The summed E-state index contributed by atoms with van der Waals surface area (Å²) in [5.74, 6) is 2.08. The van der Waals surface area contributed by atoms with Crippen LogP contribution in [0.1, 0.15) is 27.6 Å². The number of nitrogens with zero attached hydrogens (tertiary/aromatic N) is 3. The normalized spacial score (nSPS) is 15.1. The SMILES string of the molecule is COc1ccc2nc(-n3nc(C)c4c3NC(=O)CSC4c3ccc(OCc4ccc(F)cc4)cc3)sc2c1. The van der Waals surface area contributed by atoms with E-state index in [0.717, 1.165) is 38.4 Å². The average Bonchev–Trinajstić information content (AvgIpc) is 3.43. The van der Waals surface area contributed by atoms with Crippen molar-refractivity contribution in [1.29, 1.82) is 0 Å². The van der Waals surface area contributed by atoms with E-state index in [1.807, 2.05) is 49.4 Å². The molecule has 0 fully saturated rings. The standard InChI is InChI=1S/C28H23FN4O3S2/c1-16-25-26(18-5-9-20(10-6-18)36-14-17-3-7-19(29)8-4-17)37-15-24(34)31-27(25)33(32-16)28-30-22-12-11-21(35-2)13-23(22)38-28/h3-13,26H,14-15H2,1-2H3,(H,31,34). The second kappa shape index (κ2) is 10.1. The van der Waals surface area contributed by atoms with Crippen LogP contribution in [0.4, 0.5) is 10.2 Å². The fraction of sp³-hybridized carbons (Fsp3) is 0.179. The van der Waals surface area contributed by atoms with Gasteiger partial charge < -0.3 is 14.8 Å². The Hall–Kier alpha value is -3.89. The Kier molecular flexibility index (Phi) is 6.50. The quantitative estimate of drug-likeness (QED) is 0.270. The number of methoxy groups -OCH3 is 1. The van der Waals surface area contributed by atoms with E-state index in [-0.39, 0.29) is 17.0 Å². The Morgan fingerprint density at radius 1 is 1.08 bits per heavy atom. The van der Waals surface area contributed by atoms with Gasteiger partial charge in [0.05, 0.1) is 34.0 Å². The first-order chi connectivity index (χ1) is 18.5. The van der Waals surface area contributed by atoms with Crippen LogP contribution in [0.3, 0.4) is 0 Å². The summed E-state index contributed by atoms with van der Waals surface area (Å²) in [6, 6.07) is 19.9. The zero-order chi connectivity index (χ0) is 26.2. The molecule has 1 amide bonds. The fourth-order valence-corrected chi connectivity index (χ4v) is 6.52. The number of aromatic nitrogens is 3. The van der Waals surface area contributed by atoms with Crippen LogP contribution in [-0.2, 0) is 11.4 Å². The number of carbonyl (C=O) groups is 1. The highest BCUT2D eigenvalue weighted by atomic mass is 32.2. The summed E-state index contributed by atoms with van der Waals surface area (Å²) in [5.41, 5.74) is 4.56. The first-order valence-electron chi connectivity index (χ1n) is 11.9. The molecule has 2 aromatic heterocycles. The predicted molar refractivity (Wildman–Crippen MR) is 148 cm³/mol. The molecule has 1 unspecified atom stereocenters. The molecule has 0 spiro atoms. The Bertz CT molecular complexity index is 1630. The number of anilines is 1. The van der Waals surface area contributed by atoms with Gasteiger partial charge in [-0.15, -0.1) is 11.8 Å². The van der Waals surface area contributed by atoms with E-state index in [2.05, 4.69) is 5.32 Å². The van der Waals surface area contributed by atoms with Crippen molar-refractivity contribution in [2.75, 3.05) is 18.2 Å². The lowest BCUT2D eigenvalue weighted by Crippen LogP contribution is -2.15. The largest absolute Gasteiger partial charge is 0.497 e. The maximum atomic E-state index is 13.2. The molecule has 0 saturated heterocycles. The lowest BCUT2D eigenvalue weighted by Gasteiger charge is -2.16. The predicted octanol–water partition coefficient (Wildman–Crippen LogP) is 6.29. The number of nitrogens with one attached hydrogen (secondary N) is 1. The van der Waals surface area contributed by atoms with Crippen LogP contribution in [0.5, 0.6) is 11.5 Å². The van der Waals surface area contributed by atoms with E-state index in [0.29, 0.717) is 29.1 Å². The monoisotopic (exact) mass is 546 g/mol. The molecule has 192 valence electrons. The molecule has 5 aromatic rings. The van der Waals surface area contributed by atoms with Gasteiger partial charge >= 0.3 is 0 Å². The van der Waals surface area contributed by atoms with Gasteiger partial charge in [-0.25, -0.2) is 9.37 Å². The number of hydrogen-bond acceptors (Lipinski definition) is 7. The number of thioether (sulfide) groups is 1. The second-order valence-corrected chi connectivity index (χ2v) is 10.9. The van der Waals surface area contributed by atoms with Crippen LogP contribution >= 0.6 is 23.1 Å². The first-order valence-corrected chi connectivity index (χ1v) is 13.8. The Morgan fingerprint density at radius 3 is 2.61 bits per heavy atom. The summed E-state index contributed by atoms with van der Waals surface area (Å²) in [5, 5.41) is 8.43. The Labute approximate surface area is 226 Å². The van der Waals surface area contributed by atoms with E-state index >= 15 is 0 Å². The van der Waals surface area contributed by atoms with Crippen molar-refractivity contribution in [3.63, 3.8) is 0 Å². The number of hydrogen-bond donors (Lipinski definition) is 1. The number of rotatable bonds is 6. The van der Waals surface area contributed by atoms with Crippen molar-refractivity contribution in [3.8, 4) is 16.6 Å². The summed E-state index contributed by atoms with van der Waals surface area (Å²) >= 11 is 3.05. The van der Waals surface area contributed by atoms with Gasteiger partial charge in [0.1, 0.15) is 29.7 Å². The molecule has 38 heavy (non-hydrogen) atoms. The Balaban J connectivity index is 1.31. The van der Waals surface area contributed by atoms with Gasteiger partial charge in [-0.1, -0.05) is 35.6 Å². The van der Waals surface area contributed by atoms with E-state index < -0.39 is 0 Å². The minimum absolute atomic E-state index is 0.0815. The van der Waals surface area contributed by atoms with Crippen LogP contribution in [-0.4, -0.2) is 33.5 Å². The number of carbonyl (C=O) groups excluding carboxylic acids is 1. The number of halogens is 1. The number of aryl methyl sites for hydroxylation is 1. The minimum Gasteiger partial charge on any atom is -0.497 e. The van der Waals surface area contributed by atoms with Crippen molar-refractivity contribution in [2.24, 2.45) is 0 Å². The van der Waals surface area contributed by atoms with Crippen LogP contribution in [0.15, 0.2) is 66.7 Å². The number of ether oxygens (including phenoxy) is 2. The van der Waals surface area contributed by atoms with Crippen LogP contribution in [0.25, 0.3) is 15.3 Å². The fourth-order valence-electron chi connectivity index (χ4n) is 4.38. The third-order valence-corrected chi connectivity index (χ3v) is 8.54. The molecule has 6 rings (SSSR count). The van der Waals surface area contributed by atoms with Crippen molar-refractivity contribution >= 4 is 45.0 Å². The van der Waals surface area contributed by atoms with Crippen molar-refractivity contribution < 1.29 is 18.7 Å². The topological polar surface area (TPSA) is 78.3 Å². The van der Waals surface area contributed by atoms with E-state index in [1.54, 1.807) is 35.7 Å². The third kappa shape index (κ3) is 4.72. The van der Waals surface area contributed by atoms with Crippen molar-refractivity contribution in [2.45, 2.75) is 18.8 Å². The van der Waals surface area contributed by atoms with Crippen LogP contribution in [0, 0.1) is 12.7 Å². The van der Waals surface area contributed by atoms with Gasteiger partial charge in [0.25, 0.3) is 0 Å². The summed E-state index contributed by atoms with van der Waals surface area (Å²) in [4.78, 5) is 17.5. The number of amides is 1. The van der Waals surface area contributed by atoms with Crippen molar-refractivity contribution in [3.05, 3.63) is 94.9 Å². The molecular weight excluding hydrogens is 523 g/mol. The number of fused-ring (bicyclic) bond motifs is 2. The molecule has 1 atom stereocenters. The van der Waals surface area contributed by atoms with E-state index in [4.69, 9.17) is 19.6 Å². The molecule has 10 heteroatoms. The summed E-state index contributed by atoms with van der Waals surface area (Å²) in [6.45, 7) is 2.30. The molecule has 1 aliphatic rings. The highest BCUT2D eigenvalue weighted by Gasteiger charge is 2.31. The number of benzene rings is 3. The number of thiazole rings is 1. The molecular formula is C28H23FN4O3S2. The highest BCUT2D eigenvalue weighted by molar-refractivity contribution is 8.00. The van der Waals surface area contributed by atoms with Gasteiger partial charge in [0.15, 0.2) is 0 Å². The summed E-state index contributed by atoms with van der Waals surface area (Å²) in [6.07, 6.45) is 0. The van der Waals surface area contributed by atoms with E-state index in [1.165, 1.54) is 23.5 Å². The highest BCUT2D eigenvalue weighted by Crippen LogP contribution is 2.44. The third-order valence-electron chi connectivity index (χ3n) is 6.27. The molecule has 0 saturated carbocycles. The van der Waals surface area contributed by atoms with Crippen molar-refractivity contribution in [1.82, 2.24) is 14.8 Å². The van der Waals surface area contributed by atoms with Crippen LogP contribution < -0.4 is 14.8 Å². The van der Waals surface area contributed by atoms with Gasteiger partial charge in [0.2, 0.25) is 11.0 Å². The molecule has 7 nitrogen and oxygen atoms in total. The maximum Gasteiger partial charge on any atom is 0.235 e. The molecule has 0 radical (unpaired) electrons. The molecule has 3 aromatic carbocycles. The zero-order valence-corrected chi connectivity index (χ0v) is 22.2. The summed E-state index contributed by atoms with van der Waals surface area (Å²) < 4.78 is 27.1. The first kappa shape index (κ1) is 24.4. The van der Waals surface area contributed by atoms with Crippen LogP contribution in [0.2, 0.25) is 0 Å². The molecule has 1 aliphatic heterocycles. The van der Waals surface area contributed by atoms with Gasteiger partial charge in [-0.3, -0.25) is 4.79 Å². The van der Waals surface area contributed by atoms with E-state index in [9.17, 15) is 9.18 Å². The molecule has 1 N–H and O–H groups in total. The smallest absolute Gasteiger partial charge is 0.235 e. The summed E-state index contributed by atoms with van der Waals surface area (Å²) in [7, 11) is 1.64. The average molecular weight is 547 g/mol. The maximum absolute atomic E-state index is 13.2. The van der Waals surface area contributed by atoms with Gasteiger partial charge in [0, 0.05) is 5.56 Å². The minimum atomic E-state index is -0.270.